The first-order chi connectivity index (χ1) is 3.43. The van der Waals surface area contributed by atoms with Crippen molar-refractivity contribution in [3.05, 3.63) is 18.7 Å². The van der Waals surface area contributed by atoms with Crippen LogP contribution in [0.4, 0.5) is 0 Å². The number of hydrogen-bond donors (Lipinski definition) is 1. The summed E-state index contributed by atoms with van der Waals surface area (Å²) in [4.78, 5) is 2.72. The molecule has 4 heteroatoms. The highest BCUT2D eigenvalue weighted by Crippen LogP contribution is 1.61. The summed E-state index contributed by atoms with van der Waals surface area (Å²) < 4.78 is 1.38. The second-order valence-electron chi connectivity index (χ2n) is 1.12. The fourth-order valence-corrected chi connectivity index (χ4v) is 0.352. The molecule has 0 unspecified atom stereocenters. The first kappa shape index (κ1) is 6.99. The van der Waals surface area contributed by atoms with Gasteiger partial charge in [-0.05, 0) is 0 Å². The van der Waals surface area contributed by atoms with Crippen LogP contribution in [-0.4, -0.2) is 4.98 Å². The molecule has 0 fully saturated rings. The summed E-state index contributed by atoms with van der Waals surface area (Å²) >= 11 is 0. The first-order valence-electron chi connectivity index (χ1n) is 1.87. The highest BCUT2D eigenvalue weighted by atomic mass is 35.5. The highest BCUT2D eigenvalue weighted by molar-refractivity contribution is 4.60. The highest BCUT2D eigenvalue weighted by Gasteiger charge is 1.85. The van der Waals surface area contributed by atoms with Crippen LogP contribution in [0, 0.1) is 11.5 Å². The van der Waals surface area contributed by atoms with Gasteiger partial charge in [0.2, 0.25) is 6.33 Å². The lowest BCUT2D eigenvalue weighted by molar-refractivity contribution is -0.584. The summed E-state index contributed by atoms with van der Waals surface area (Å²) in [7, 11) is 0. The Morgan fingerprint density at radius 3 is 2.62 bits per heavy atom. The molecule has 0 aliphatic carbocycles. The zero-order valence-electron chi connectivity index (χ0n) is 4.00. The van der Waals surface area contributed by atoms with Gasteiger partial charge in [0, 0.05) is 5.26 Å². The molecule has 0 aromatic carbocycles. The molecule has 1 rings (SSSR count). The lowest BCUT2D eigenvalue weighted by Crippen LogP contribution is -3.00. The molecule has 1 aromatic heterocycles. The minimum Gasteiger partial charge on any atom is -1.00 e. The van der Waals surface area contributed by atoms with Gasteiger partial charge in [-0.15, -0.1) is 0 Å². The Morgan fingerprint density at radius 1 is 1.62 bits per heavy atom. The SMILES string of the molecule is N#C[n+]1cc[nH]c1.[Cl-]. The molecule has 0 aliphatic rings. The van der Waals surface area contributed by atoms with Gasteiger partial charge in [-0.1, -0.05) is 0 Å². The Balaban J connectivity index is 0.000000490. The third-order valence-corrected chi connectivity index (χ3v) is 0.660. The minimum atomic E-state index is 0. The standard InChI is InChI=1S/C4H3N3.ClH/c5-3-7-2-1-6-4-7;/h1-2,4H;1H. The second kappa shape index (κ2) is 3.05. The number of aromatic amines is 1. The van der Waals surface area contributed by atoms with Crippen molar-refractivity contribution in [2.45, 2.75) is 0 Å². The van der Waals surface area contributed by atoms with Crippen LogP contribution in [0.5, 0.6) is 0 Å². The molecule has 3 nitrogen and oxygen atoms in total. The number of nitrogens with zero attached hydrogens (tertiary/aromatic N) is 2. The van der Waals surface area contributed by atoms with Crippen molar-refractivity contribution >= 4 is 0 Å². The molecule has 0 aliphatic heterocycles. The first-order valence-corrected chi connectivity index (χ1v) is 1.87. The molecule has 1 aromatic rings. The van der Waals surface area contributed by atoms with Crippen molar-refractivity contribution in [2.75, 3.05) is 0 Å². The van der Waals surface area contributed by atoms with Crippen LogP contribution in [0.3, 0.4) is 0 Å². The molecule has 0 saturated heterocycles. The Hall–Kier alpha value is -1.01. The summed E-state index contributed by atoms with van der Waals surface area (Å²) in [5.41, 5.74) is 0. The number of rotatable bonds is 0. The molecule has 0 atom stereocenters. The number of nitriles is 1. The maximum Gasteiger partial charge on any atom is 0.375 e. The van der Waals surface area contributed by atoms with Crippen molar-refractivity contribution < 1.29 is 17.0 Å². The Bertz CT molecular complexity index is 174. The molecule has 42 valence electrons. The summed E-state index contributed by atoms with van der Waals surface area (Å²) in [6.07, 6.45) is 6.78. The number of nitrogens with one attached hydrogen (secondary N) is 1. The van der Waals surface area contributed by atoms with Gasteiger partial charge < -0.3 is 12.4 Å². The quantitative estimate of drug-likeness (QED) is 0.366. The smallest absolute Gasteiger partial charge is 0.375 e. The van der Waals surface area contributed by atoms with E-state index in [2.05, 4.69) is 4.98 Å². The van der Waals surface area contributed by atoms with E-state index in [9.17, 15) is 0 Å². The number of aromatic nitrogens is 2. The van der Waals surface area contributed by atoms with E-state index in [0.717, 1.165) is 0 Å². The van der Waals surface area contributed by atoms with Crippen molar-refractivity contribution in [1.82, 2.24) is 4.98 Å². The number of hydrogen-bond acceptors (Lipinski definition) is 1. The van der Waals surface area contributed by atoms with Gasteiger partial charge >= 0.3 is 6.19 Å². The Labute approximate surface area is 53.0 Å². The maximum atomic E-state index is 8.12. The topological polar surface area (TPSA) is 43.5 Å². The molecule has 0 radical (unpaired) electrons. The van der Waals surface area contributed by atoms with E-state index in [4.69, 9.17) is 5.26 Å². The largest absolute Gasteiger partial charge is 1.00 e. The van der Waals surface area contributed by atoms with E-state index in [1.807, 2.05) is 6.19 Å². The molecule has 0 bridgehead atoms. The Morgan fingerprint density at radius 2 is 2.38 bits per heavy atom. The molecule has 0 spiro atoms. The lowest BCUT2D eigenvalue weighted by Gasteiger charge is -1.61. The Kier molecular flexibility index (Phi) is 2.67. The molecular formula is C4H4ClN3. The summed E-state index contributed by atoms with van der Waals surface area (Å²) in [5, 5.41) is 8.12. The van der Waals surface area contributed by atoms with Crippen molar-refractivity contribution in [2.24, 2.45) is 0 Å². The van der Waals surface area contributed by atoms with Gasteiger partial charge in [0.25, 0.3) is 0 Å². The van der Waals surface area contributed by atoms with Gasteiger partial charge in [0.05, 0.1) is 6.20 Å². The lowest BCUT2D eigenvalue weighted by atomic mass is 10.9. The van der Waals surface area contributed by atoms with Crippen LogP contribution in [0.2, 0.25) is 0 Å². The van der Waals surface area contributed by atoms with Crippen molar-refractivity contribution in [3.63, 3.8) is 0 Å². The minimum absolute atomic E-state index is 0. The third kappa shape index (κ3) is 1.24. The van der Waals surface area contributed by atoms with Crippen LogP contribution >= 0.6 is 0 Å². The van der Waals surface area contributed by atoms with E-state index >= 15 is 0 Å². The maximum absolute atomic E-state index is 8.12. The van der Waals surface area contributed by atoms with Gasteiger partial charge in [0.15, 0.2) is 0 Å². The molecule has 8 heavy (non-hydrogen) atoms. The number of H-pyrrole nitrogens is 1. The summed E-state index contributed by atoms with van der Waals surface area (Å²) in [6, 6.07) is 0. The van der Waals surface area contributed by atoms with Crippen LogP contribution in [-0.2, 0) is 0 Å². The number of halogens is 1. The van der Waals surface area contributed by atoms with E-state index in [-0.39, 0.29) is 12.4 Å². The fourth-order valence-electron chi connectivity index (χ4n) is 0.352. The molecule has 0 saturated carbocycles. The molecular weight excluding hydrogens is 126 g/mol. The average Bonchev–Trinajstić information content (AvgIpc) is 2.14. The molecule has 0 amide bonds. The van der Waals surface area contributed by atoms with Crippen LogP contribution in [0.25, 0.3) is 0 Å². The monoisotopic (exact) mass is 129 g/mol. The van der Waals surface area contributed by atoms with Crippen LogP contribution < -0.4 is 17.0 Å². The fraction of sp³-hybridized carbons (Fsp3) is 0. The second-order valence-corrected chi connectivity index (χ2v) is 1.12. The van der Waals surface area contributed by atoms with Crippen molar-refractivity contribution in [3.8, 4) is 6.19 Å². The summed E-state index contributed by atoms with van der Waals surface area (Å²) in [5.74, 6) is 0. The van der Waals surface area contributed by atoms with E-state index in [0.29, 0.717) is 0 Å². The van der Waals surface area contributed by atoms with Gasteiger partial charge in [-0.3, -0.25) is 4.98 Å². The van der Waals surface area contributed by atoms with Gasteiger partial charge in [-0.25, -0.2) is 0 Å². The van der Waals surface area contributed by atoms with Crippen LogP contribution in [0.15, 0.2) is 18.7 Å². The third-order valence-electron chi connectivity index (χ3n) is 0.660. The number of imidazole rings is 1. The van der Waals surface area contributed by atoms with E-state index < -0.39 is 0 Å². The molecule has 1 heterocycles. The van der Waals surface area contributed by atoms with Gasteiger partial charge in [0.1, 0.15) is 6.20 Å². The normalized spacial score (nSPS) is 6.88. The zero-order valence-corrected chi connectivity index (χ0v) is 4.76. The van der Waals surface area contributed by atoms with Crippen molar-refractivity contribution in [1.29, 1.82) is 5.26 Å². The van der Waals surface area contributed by atoms with E-state index in [1.165, 1.54) is 4.57 Å². The van der Waals surface area contributed by atoms with E-state index in [1.54, 1.807) is 18.7 Å². The summed E-state index contributed by atoms with van der Waals surface area (Å²) in [6.45, 7) is 0. The van der Waals surface area contributed by atoms with Crippen LogP contribution in [0.1, 0.15) is 0 Å². The zero-order chi connectivity index (χ0) is 5.11. The average molecular weight is 130 g/mol. The predicted octanol–water partition coefficient (Wildman–Crippen LogP) is -3.36. The van der Waals surface area contributed by atoms with Gasteiger partial charge in [-0.2, -0.15) is 4.57 Å². The predicted molar refractivity (Wildman–Crippen MR) is 22.0 cm³/mol. The molecule has 1 N–H and O–H groups in total.